The molecular formula is C26H28FN3O2S. The topological polar surface area (TPSA) is 77.1 Å². The molecule has 0 spiro atoms. The Bertz CT molecular complexity index is 1040. The number of nitrogens with zero attached hydrogens (tertiary/aromatic N) is 1. The average molecular weight is 466 g/mol. The Morgan fingerprint density at radius 3 is 2.36 bits per heavy atom. The highest BCUT2D eigenvalue weighted by Gasteiger charge is 2.29. The molecule has 1 fully saturated rings. The third-order valence-corrected chi connectivity index (χ3v) is 7.34. The number of halogens is 1. The Hall–Kier alpha value is -2.74. The lowest BCUT2D eigenvalue weighted by Crippen LogP contribution is -2.41. The van der Waals surface area contributed by atoms with E-state index in [9.17, 15) is 13.7 Å². The second-order valence-corrected chi connectivity index (χ2v) is 9.71. The van der Waals surface area contributed by atoms with Gasteiger partial charge in [0.05, 0.1) is 35.3 Å². The van der Waals surface area contributed by atoms with Gasteiger partial charge in [-0.1, -0.05) is 42.5 Å². The number of benzene rings is 2. The molecular weight excluding hydrogens is 437 g/mol. The molecule has 1 aliphatic rings. The highest BCUT2D eigenvalue weighted by atomic mass is 32.2. The lowest BCUT2D eigenvalue weighted by atomic mass is 9.85. The van der Waals surface area contributed by atoms with Crippen LogP contribution < -0.4 is 10.0 Å². The Morgan fingerprint density at radius 1 is 1.03 bits per heavy atom. The fourth-order valence-electron chi connectivity index (χ4n) is 4.13. The van der Waals surface area contributed by atoms with E-state index in [-0.39, 0.29) is 29.7 Å². The van der Waals surface area contributed by atoms with Crippen molar-refractivity contribution in [2.24, 2.45) is 5.92 Å². The second-order valence-electron chi connectivity index (χ2n) is 8.46. The van der Waals surface area contributed by atoms with Crippen molar-refractivity contribution in [2.45, 2.75) is 49.6 Å². The lowest BCUT2D eigenvalue weighted by molar-refractivity contribution is -0.126. The van der Waals surface area contributed by atoms with Gasteiger partial charge in [-0.25, -0.2) is 4.39 Å². The van der Waals surface area contributed by atoms with Crippen molar-refractivity contribution in [2.75, 3.05) is 0 Å². The molecule has 1 heterocycles. The van der Waals surface area contributed by atoms with E-state index in [1.54, 1.807) is 18.3 Å². The molecule has 1 saturated carbocycles. The minimum Gasteiger partial charge on any atom is -0.593 e. The number of hydrogen-bond donors (Lipinski definition) is 2. The summed E-state index contributed by atoms with van der Waals surface area (Å²) in [6, 6.07) is 19.7. The summed E-state index contributed by atoms with van der Waals surface area (Å²) in [4.78, 5) is 17.8. The fourth-order valence-corrected chi connectivity index (χ4v) is 5.14. The van der Waals surface area contributed by atoms with Gasteiger partial charge < -0.3 is 9.87 Å². The van der Waals surface area contributed by atoms with Crippen LogP contribution in [-0.2, 0) is 16.2 Å². The zero-order valence-electron chi connectivity index (χ0n) is 18.5. The van der Waals surface area contributed by atoms with E-state index >= 15 is 0 Å². The molecule has 0 aliphatic heterocycles. The lowest BCUT2D eigenvalue weighted by Gasteiger charge is -2.29. The van der Waals surface area contributed by atoms with Crippen LogP contribution >= 0.6 is 0 Å². The summed E-state index contributed by atoms with van der Waals surface area (Å²) in [5.74, 6) is -0.332. The predicted octanol–water partition coefficient (Wildman–Crippen LogP) is 4.94. The van der Waals surface area contributed by atoms with Crippen molar-refractivity contribution in [1.29, 1.82) is 0 Å². The number of hydrogen-bond acceptors (Lipinski definition) is 4. The molecule has 2 N–H and O–H groups in total. The van der Waals surface area contributed by atoms with Crippen molar-refractivity contribution in [1.82, 2.24) is 15.0 Å². The molecule has 1 aliphatic carbocycles. The third kappa shape index (κ3) is 6.19. The largest absolute Gasteiger partial charge is 0.593 e. The third-order valence-electron chi connectivity index (χ3n) is 6.12. The maximum absolute atomic E-state index is 13.1. The van der Waals surface area contributed by atoms with Gasteiger partial charge in [-0.15, -0.1) is 4.72 Å². The smallest absolute Gasteiger partial charge is 0.223 e. The average Bonchev–Trinajstić information content (AvgIpc) is 2.85. The molecule has 33 heavy (non-hydrogen) atoms. The normalized spacial score (nSPS) is 20.1. The molecule has 0 bridgehead atoms. The van der Waals surface area contributed by atoms with Crippen LogP contribution in [0.1, 0.15) is 44.2 Å². The molecule has 5 nitrogen and oxygen atoms in total. The molecule has 4 rings (SSSR count). The van der Waals surface area contributed by atoms with Gasteiger partial charge in [0.25, 0.3) is 0 Å². The van der Waals surface area contributed by atoms with E-state index in [0.717, 1.165) is 42.5 Å². The Morgan fingerprint density at radius 2 is 1.73 bits per heavy atom. The fraction of sp³-hybridized carbons (Fsp3) is 0.308. The number of carbonyl (C=O) groups is 1. The highest BCUT2D eigenvalue weighted by molar-refractivity contribution is 7.89. The van der Waals surface area contributed by atoms with Gasteiger partial charge in [0.2, 0.25) is 5.91 Å². The molecule has 7 heteroatoms. The molecule has 0 radical (unpaired) electrons. The number of nitrogens with one attached hydrogen (secondary N) is 2. The van der Waals surface area contributed by atoms with Gasteiger partial charge in [0.1, 0.15) is 5.82 Å². The standard InChI is InChI=1S/C26H28FN3O2S/c1-18(19-7-11-22(27)12-8-19)29-26(31)21-9-13-23(14-10-21)30-33(32)24-15-16-25(28-17-24)20-5-3-2-4-6-20/h2-8,11-12,15-18,21,23,30H,9-10,13-14H2,1H3,(H,29,31)/t18-,21-,23-,33?/m1/s1. The van der Waals surface area contributed by atoms with Crippen molar-refractivity contribution in [3.63, 3.8) is 0 Å². The summed E-state index contributed by atoms with van der Waals surface area (Å²) >= 11 is -1.35. The van der Waals surface area contributed by atoms with Crippen molar-refractivity contribution < 1.29 is 13.7 Å². The molecule has 1 unspecified atom stereocenters. The Kier molecular flexibility index (Phi) is 7.75. The monoisotopic (exact) mass is 465 g/mol. The first-order valence-electron chi connectivity index (χ1n) is 11.2. The van der Waals surface area contributed by atoms with Gasteiger partial charge >= 0.3 is 0 Å². The maximum atomic E-state index is 13.1. The van der Waals surface area contributed by atoms with Crippen LogP contribution in [0, 0.1) is 11.7 Å². The van der Waals surface area contributed by atoms with Crippen LogP contribution in [0.15, 0.2) is 77.8 Å². The first-order valence-corrected chi connectivity index (χ1v) is 12.4. The summed E-state index contributed by atoms with van der Waals surface area (Å²) in [6.45, 7) is 1.90. The van der Waals surface area contributed by atoms with Gasteiger partial charge in [-0.2, -0.15) is 0 Å². The maximum Gasteiger partial charge on any atom is 0.223 e. The van der Waals surface area contributed by atoms with E-state index in [2.05, 4.69) is 15.0 Å². The first-order chi connectivity index (χ1) is 16.0. The van der Waals surface area contributed by atoms with Crippen molar-refractivity contribution >= 4 is 17.3 Å². The minimum atomic E-state index is -1.35. The zero-order valence-corrected chi connectivity index (χ0v) is 19.4. The van der Waals surface area contributed by atoms with Gasteiger partial charge in [-0.05, 0) is 62.4 Å². The van der Waals surface area contributed by atoms with Crippen molar-refractivity contribution in [3.8, 4) is 11.3 Å². The number of carbonyl (C=O) groups excluding carboxylic acids is 1. The van der Waals surface area contributed by atoms with Crippen molar-refractivity contribution in [3.05, 3.63) is 84.3 Å². The van der Waals surface area contributed by atoms with Crippen LogP contribution in [0.3, 0.4) is 0 Å². The molecule has 172 valence electrons. The van der Waals surface area contributed by atoms with Crippen LogP contribution in [0.5, 0.6) is 0 Å². The molecule has 1 aromatic heterocycles. The Labute approximate surface area is 197 Å². The van der Waals surface area contributed by atoms with E-state index < -0.39 is 11.4 Å². The zero-order chi connectivity index (χ0) is 23.2. The molecule has 2 atom stereocenters. The molecule has 0 saturated heterocycles. The highest BCUT2D eigenvalue weighted by Crippen LogP contribution is 2.27. The first kappa shape index (κ1) is 23.4. The Balaban J connectivity index is 1.25. The van der Waals surface area contributed by atoms with E-state index in [1.165, 1.54) is 12.1 Å². The summed E-state index contributed by atoms with van der Waals surface area (Å²) in [7, 11) is 0. The summed E-state index contributed by atoms with van der Waals surface area (Å²) < 4.78 is 29.1. The molecule has 2 aromatic carbocycles. The molecule has 3 aromatic rings. The summed E-state index contributed by atoms with van der Waals surface area (Å²) in [5, 5.41) is 3.04. The van der Waals surface area contributed by atoms with Gasteiger partial charge in [0, 0.05) is 11.5 Å². The minimum absolute atomic E-state index is 0.0205. The van der Waals surface area contributed by atoms with Crippen LogP contribution in [-0.4, -0.2) is 21.5 Å². The quantitative estimate of drug-likeness (QED) is 0.485. The number of rotatable bonds is 7. The van der Waals surface area contributed by atoms with E-state index in [4.69, 9.17) is 0 Å². The SMILES string of the molecule is C[C@@H](NC(=O)[C@H]1CC[C@H](N[S+]([O-])c2ccc(-c3ccccc3)nc2)CC1)c1ccc(F)cc1. The second kappa shape index (κ2) is 10.9. The van der Waals surface area contributed by atoms with Crippen LogP contribution in [0.25, 0.3) is 11.3 Å². The molecule has 1 amide bonds. The van der Waals surface area contributed by atoms with Crippen LogP contribution in [0.2, 0.25) is 0 Å². The predicted molar refractivity (Wildman–Crippen MR) is 128 cm³/mol. The summed E-state index contributed by atoms with van der Waals surface area (Å²) in [6.07, 6.45) is 4.69. The summed E-state index contributed by atoms with van der Waals surface area (Å²) in [5.41, 5.74) is 2.74. The number of aromatic nitrogens is 1. The number of pyridine rings is 1. The van der Waals surface area contributed by atoms with E-state index in [0.29, 0.717) is 4.90 Å². The van der Waals surface area contributed by atoms with E-state index in [1.807, 2.05) is 49.4 Å². The van der Waals surface area contributed by atoms with Crippen LogP contribution in [0.4, 0.5) is 4.39 Å². The number of amides is 1. The van der Waals surface area contributed by atoms with Gasteiger partial charge in [0.15, 0.2) is 4.90 Å². The van der Waals surface area contributed by atoms with Gasteiger partial charge in [-0.3, -0.25) is 9.78 Å².